The van der Waals surface area contributed by atoms with Crippen LogP contribution in [-0.2, 0) is 14.8 Å². The van der Waals surface area contributed by atoms with Crippen molar-refractivity contribution < 1.29 is 13.2 Å². The summed E-state index contributed by atoms with van der Waals surface area (Å²) in [7, 11) is -3.60. The Labute approximate surface area is 129 Å². The number of halogens is 1. The number of nitrogens with zero attached hydrogens (tertiary/aromatic N) is 1. The number of rotatable bonds is 5. The van der Waals surface area contributed by atoms with E-state index in [1.54, 1.807) is 4.90 Å². The Balaban J connectivity index is 1.84. The maximum Gasteiger partial charge on any atom is 0.240 e. The van der Waals surface area contributed by atoms with Gasteiger partial charge in [0.15, 0.2) is 0 Å². The number of amides is 1. The van der Waals surface area contributed by atoms with Crippen molar-refractivity contribution in [3.8, 4) is 0 Å². The van der Waals surface area contributed by atoms with Crippen molar-refractivity contribution in [3.05, 3.63) is 29.3 Å². The minimum Gasteiger partial charge on any atom is -0.340 e. The fourth-order valence-corrected chi connectivity index (χ4v) is 3.22. The second-order valence-corrected chi connectivity index (χ2v) is 6.94. The van der Waals surface area contributed by atoms with Crippen LogP contribution in [0.4, 0.5) is 0 Å². The highest BCUT2D eigenvalue weighted by molar-refractivity contribution is 7.89. The van der Waals surface area contributed by atoms with Crippen LogP contribution in [0.25, 0.3) is 0 Å². The van der Waals surface area contributed by atoms with E-state index in [1.165, 1.54) is 24.3 Å². The number of carbonyl (C=O) groups excluding carboxylic acids is 1. The van der Waals surface area contributed by atoms with E-state index in [0.29, 0.717) is 18.1 Å². The molecule has 6 nitrogen and oxygen atoms in total. The molecule has 8 heteroatoms. The Morgan fingerprint density at radius 1 is 1.24 bits per heavy atom. The van der Waals surface area contributed by atoms with E-state index in [2.05, 4.69) is 10.0 Å². The fourth-order valence-electron chi connectivity index (χ4n) is 2.06. The van der Waals surface area contributed by atoms with Crippen molar-refractivity contribution in [3.63, 3.8) is 0 Å². The highest BCUT2D eigenvalue weighted by atomic mass is 35.5. The number of nitrogens with one attached hydrogen (secondary N) is 2. The van der Waals surface area contributed by atoms with E-state index in [0.717, 1.165) is 13.1 Å². The highest BCUT2D eigenvalue weighted by Gasteiger charge is 2.18. The molecule has 0 aromatic heterocycles. The third kappa shape index (κ3) is 4.67. The molecule has 1 aromatic rings. The maximum absolute atomic E-state index is 12.0. The topological polar surface area (TPSA) is 78.5 Å². The lowest BCUT2D eigenvalue weighted by atomic mass is 10.3. The zero-order valence-electron chi connectivity index (χ0n) is 11.5. The monoisotopic (exact) mass is 331 g/mol. The van der Waals surface area contributed by atoms with Crippen molar-refractivity contribution in [1.29, 1.82) is 0 Å². The predicted molar refractivity (Wildman–Crippen MR) is 80.7 cm³/mol. The van der Waals surface area contributed by atoms with Crippen molar-refractivity contribution in [1.82, 2.24) is 14.9 Å². The van der Waals surface area contributed by atoms with Gasteiger partial charge < -0.3 is 10.2 Å². The van der Waals surface area contributed by atoms with E-state index in [4.69, 9.17) is 11.6 Å². The molecule has 0 bridgehead atoms. The van der Waals surface area contributed by atoms with Crippen molar-refractivity contribution in [2.75, 3.05) is 32.7 Å². The molecule has 0 saturated carbocycles. The SMILES string of the molecule is O=C(CCNS(=O)(=O)c1ccc(Cl)cc1)N1CCNCC1. The molecule has 1 aromatic carbocycles. The lowest BCUT2D eigenvalue weighted by Gasteiger charge is -2.27. The lowest BCUT2D eigenvalue weighted by Crippen LogP contribution is -2.47. The highest BCUT2D eigenvalue weighted by Crippen LogP contribution is 2.13. The lowest BCUT2D eigenvalue weighted by molar-refractivity contribution is -0.131. The summed E-state index contributed by atoms with van der Waals surface area (Å²) < 4.78 is 26.5. The van der Waals surface area contributed by atoms with E-state index in [9.17, 15) is 13.2 Å². The molecular weight excluding hydrogens is 314 g/mol. The standard InChI is InChI=1S/C13H18ClN3O3S/c14-11-1-3-12(4-2-11)21(19,20)16-6-5-13(18)17-9-7-15-8-10-17/h1-4,15-16H,5-10H2. The first-order chi connectivity index (χ1) is 9.99. The number of sulfonamides is 1. The van der Waals surface area contributed by atoms with Crippen molar-refractivity contribution in [2.24, 2.45) is 0 Å². The third-order valence-corrected chi connectivity index (χ3v) is 4.95. The van der Waals surface area contributed by atoms with Crippen LogP contribution in [0.1, 0.15) is 6.42 Å². The summed E-state index contributed by atoms with van der Waals surface area (Å²) in [6.07, 6.45) is 0.160. The van der Waals surface area contributed by atoms with Gasteiger partial charge in [0.05, 0.1) is 4.90 Å². The van der Waals surface area contributed by atoms with Gasteiger partial charge in [-0.2, -0.15) is 0 Å². The smallest absolute Gasteiger partial charge is 0.240 e. The maximum atomic E-state index is 12.0. The van der Waals surface area contributed by atoms with Crippen LogP contribution < -0.4 is 10.0 Å². The summed E-state index contributed by atoms with van der Waals surface area (Å²) in [5.41, 5.74) is 0. The number of hydrogen-bond donors (Lipinski definition) is 2. The number of carbonyl (C=O) groups is 1. The van der Waals surface area contributed by atoms with Gasteiger partial charge in [-0.1, -0.05) is 11.6 Å². The zero-order valence-corrected chi connectivity index (χ0v) is 13.1. The van der Waals surface area contributed by atoms with Crippen LogP contribution >= 0.6 is 11.6 Å². The normalized spacial score (nSPS) is 16.0. The van der Waals surface area contributed by atoms with Gasteiger partial charge in [0, 0.05) is 44.2 Å². The molecule has 116 valence electrons. The number of benzene rings is 1. The summed E-state index contributed by atoms with van der Waals surface area (Å²) in [5.74, 6) is -0.0321. The first kappa shape index (κ1) is 16.2. The molecular formula is C13H18ClN3O3S. The van der Waals surface area contributed by atoms with Crippen LogP contribution in [0.5, 0.6) is 0 Å². The number of piperazine rings is 1. The second-order valence-electron chi connectivity index (χ2n) is 4.73. The average molecular weight is 332 g/mol. The van der Waals surface area contributed by atoms with Gasteiger partial charge in [-0.05, 0) is 24.3 Å². The fraction of sp³-hybridized carbons (Fsp3) is 0.462. The summed E-state index contributed by atoms with van der Waals surface area (Å²) in [4.78, 5) is 13.8. The van der Waals surface area contributed by atoms with Gasteiger partial charge in [0.25, 0.3) is 0 Å². The Bertz CT molecular complexity index is 583. The molecule has 2 rings (SSSR count). The molecule has 1 aliphatic heterocycles. The third-order valence-electron chi connectivity index (χ3n) is 3.22. The molecule has 1 saturated heterocycles. The molecule has 1 aliphatic rings. The minimum absolute atomic E-state index is 0.0321. The van der Waals surface area contributed by atoms with Crippen LogP contribution in [0, 0.1) is 0 Å². The summed E-state index contributed by atoms with van der Waals surface area (Å²) in [6, 6.07) is 5.90. The number of hydrogen-bond acceptors (Lipinski definition) is 4. The molecule has 0 radical (unpaired) electrons. The van der Waals surface area contributed by atoms with Crippen LogP contribution in [0.3, 0.4) is 0 Å². The van der Waals surface area contributed by atoms with Gasteiger partial charge in [0.1, 0.15) is 0 Å². The Kier molecular flexibility index (Phi) is 5.58. The molecule has 1 amide bonds. The van der Waals surface area contributed by atoms with Crippen LogP contribution in [0.2, 0.25) is 5.02 Å². The average Bonchev–Trinajstić information content (AvgIpc) is 2.48. The quantitative estimate of drug-likeness (QED) is 0.820. The summed E-state index contributed by atoms with van der Waals surface area (Å²) in [5, 5.41) is 3.63. The van der Waals surface area contributed by atoms with E-state index < -0.39 is 10.0 Å². The molecule has 2 N–H and O–H groups in total. The summed E-state index contributed by atoms with van der Waals surface area (Å²) in [6.45, 7) is 2.99. The first-order valence-corrected chi connectivity index (χ1v) is 8.59. The van der Waals surface area contributed by atoms with Gasteiger partial charge in [0.2, 0.25) is 15.9 Å². The van der Waals surface area contributed by atoms with E-state index in [-0.39, 0.29) is 23.8 Å². The Morgan fingerprint density at radius 3 is 2.48 bits per heavy atom. The van der Waals surface area contributed by atoms with E-state index in [1.807, 2.05) is 0 Å². The van der Waals surface area contributed by atoms with E-state index >= 15 is 0 Å². The largest absolute Gasteiger partial charge is 0.340 e. The van der Waals surface area contributed by atoms with Crippen LogP contribution in [-0.4, -0.2) is 51.9 Å². The van der Waals surface area contributed by atoms with Gasteiger partial charge in [-0.25, -0.2) is 13.1 Å². The minimum atomic E-state index is -3.60. The summed E-state index contributed by atoms with van der Waals surface area (Å²) >= 11 is 5.72. The molecule has 0 spiro atoms. The molecule has 21 heavy (non-hydrogen) atoms. The van der Waals surface area contributed by atoms with Crippen LogP contribution in [0.15, 0.2) is 29.2 Å². The molecule has 1 fully saturated rings. The van der Waals surface area contributed by atoms with Gasteiger partial charge in [-0.15, -0.1) is 0 Å². The first-order valence-electron chi connectivity index (χ1n) is 6.73. The van der Waals surface area contributed by atoms with Gasteiger partial charge in [-0.3, -0.25) is 4.79 Å². The second kappa shape index (κ2) is 7.22. The Hall–Kier alpha value is -1.15. The van der Waals surface area contributed by atoms with Gasteiger partial charge >= 0.3 is 0 Å². The molecule has 0 aliphatic carbocycles. The Morgan fingerprint density at radius 2 is 1.86 bits per heavy atom. The zero-order chi connectivity index (χ0) is 15.3. The van der Waals surface area contributed by atoms with Crippen molar-refractivity contribution in [2.45, 2.75) is 11.3 Å². The molecule has 0 atom stereocenters. The molecule has 1 heterocycles. The van der Waals surface area contributed by atoms with Crippen molar-refractivity contribution >= 4 is 27.5 Å². The predicted octanol–water partition coefficient (Wildman–Crippen LogP) is 0.440. The molecule has 0 unspecified atom stereocenters.